The third-order valence-electron chi connectivity index (χ3n) is 18.1. The third kappa shape index (κ3) is 69.0. The van der Waals surface area contributed by atoms with Crippen molar-refractivity contribution in [2.45, 2.75) is 413 Å². The lowest BCUT2D eigenvalue weighted by molar-refractivity contribution is -0.161. The van der Waals surface area contributed by atoms with E-state index in [0.717, 1.165) is 108 Å². The maximum Gasteiger partial charge on any atom is 0.472 e. The fraction of sp³-hybridized carbons (Fsp3) is 0.947. The van der Waals surface area contributed by atoms with Gasteiger partial charge in [-0.2, -0.15) is 0 Å². The Bertz CT molecular complexity index is 1840. The molecule has 0 aromatic heterocycles. The van der Waals surface area contributed by atoms with E-state index in [2.05, 4.69) is 41.5 Å². The summed E-state index contributed by atoms with van der Waals surface area (Å²) in [4.78, 5) is 72.4. The van der Waals surface area contributed by atoms with Crippen LogP contribution in [0, 0.1) is 11.8 Å². The molecule has 0 bridgehead atoms. The van der Waals surface area contributed by atoms with Crippen molar-refractivity contribution in [1.82, 2.24) is 0 Å². The molecule has 0 aromatic rings. The van der Waals surface area contributed by atoms with Gasteiger partial charge in [0.05, 0.1) is 26.4 Å². The quantitative estimate of drug-likeness (QED) is 0.0222. The molecule has 0 heterocycles. The minimum Gasteiger partial charge on any atom is -0.462 e. The summed E-state index contributed by atoms with van der Waals surface area (Å²) in [5.74, 6) is -0.599. The van der Waals surface area contributed by atoms with E-state index in [0.29, 0.717) is 25.7 Å². The zero-order chi connectivity index (χ0) is 70.0. The van der Waals surface area contributed by atoms with E-state index in [4.69, 9.17) is 37.0 Å². The molecule has 0 fully saturated rings. The molecule has 0 saturated carbocycles. The second-order valence-corrected chi connectivity index (χ2v) is 31.0. The molecule has 0 aromatic carbocycles. The van der Waals surface area contributed by atoms with Gasteiger partial charge in [-0.1, -0.05) is 343 Å². The Morgan fingerprint density at radius 1 is 0.305 bits per heavy atom. The van der Waals surface area contributed by atoms with Crippen LogP contribution in [0.1, 0.15) is 395 Å². The number of unbranched alkanes of at least 4 members (excludes halogenated alkanes) is 44. The smallest absolute Gasteiger partial charge is 0.462 e. The first-order valence-electron chi connectivity index (χ1n) is 39.5. The van der Waals surface area contributed by atoms with Gasteiger partial charge in [-0.15, -0.1) is 0 Å². The lowest BCUT2D eigenvalue weighted by Crippen LogP contribution is -2.30. The van der Waals surface area contributed by atoms with Crippen LogP contribution in [-0.4, -0.2) is 96.7 Å². The predicted octanol–water partition coefficient (Wildman–Crippen LogP) is 22.3. The molecule has 0 radical (unpaired) electrons. The first-order chi connectivity index (χ1) is 45.9. The van der Waals surface area contributed by atoms with E-state index in [9.17, 15) is 43.2 Å². The highest BCUT2D eigenvalue weighted by Gasteiger charge is 2.30. The zero-order valence-electron chi connectivity index (χ0n) is 62.0. The van der Waals surface area contributed by atoms with E-state index in [1.165, 1.54) is 205 Å². The van der Waals surface area contributed by atoms with E-state index < -0.39 is 97.5 Å². The average Bonchev–Trinajstić information content (AvgIpc) is 1.65. The van der Waals surface area contributed by atoms with Crippen LogP contribution in [0.2, 0.25) is 0 Å². The number of aliphatic hydroxyl groups excluding tert-OH is 1. The molecule has 3 N–H and O–H groups in total. The molecule has 3 unspecified atom stereocenters. The Balaban J connectivity index is 5.11. The van der Waals surface area contributed by atoms with E-state index >= 15 is 0 Å². The summed E-state index contributed by atoms with van der Waals surface area (Å²) < 4.78 is 68.2. The van der Waals surface area contributed by atoms with E-state index in [-0.39, 0.29) is 25.7 Å². The lowest BCUT2D eigenvalue weighted by Gasteiger charge is -2.21. The van der Waals surface area contributed by atoms with E-state index in [1.54, 1.807) is 0 Å². The molecule has 6 atom stereocenters. The first kappa shape index (κ1) is 93.1. The number of hydrogen-bond donors (Lipinski definition) is 3. The van der Waals surface area contributed by atoms with Gasteiger partial charge in [0, 0.05) is 25.7 Å². The topological polar surface area (TPSA) is 237 Å². The first-order valence-corrected chi connectivity index (χ1v) is 42.5. The van der Waals surface area contributed by atoms with Crippen LogP contribution < -0.4 is 0 Å². The Hall–Kier alpha value is -1.94. The molecule has 0 aliphatic carbocycles. The van der Waals surface area contributed by atoms with Gasteiger partial charge in [-0.25, -0.2) is 9.13 Å². The molecule has 0 aliphatic rings. The SMILES string of the molecule is CCCCCCCCCCCCCCCCCCCCCCCC(=O)O[C@H](COC(=O)CCCCCCCCCCCCCCCCCCC(C)C)COP(=O)(O)OC[C@@H](O)COP(=O)(O)OC[C@@H](COC(=O)CCCCCCC)OC(=O)CCCCCCCCC(C)CC. The fourth-order valence-corrected chi connectivity index (χ4v) is 13.2. The largest absolute Gasteiger partial charge is 0.472 e. The van der Waals surface area contributed by atoms with E-state index in [1.807, 2.05) is 0 Å². The lowest BCUT2D eigenvalue weighted by atomic mass is 10.00. The van der Waals surface area contributed by atoms with Crippen molar-refractivity contribution < 1.29 is 80.2 Å². The van der Waals surface area contributed by atoms with Gasteiger partial charge in [-0.3, -0.25) is 37.3 Å². The van der Waals surface area contributed by atoms with Gasteiger partial charge >= 0.3 is 39.5 Å². The minimum absolute atomic E-state index is 0.102. The van der Waals surface area contributed by atoms with Gasteiger partial charge < -0.3 is 33.8 Å². The van der Waals surface area contributed by atoms with Crippen LogP contribution in [0.15, 0.2) is 0 Å². The number of esters is 4. The maximum absolute atomic E-state index is 13.1. The number of rotatable bonds is 75. The monoisotopic (exact) mass is 1400 g/mol. The zero-order valence-corrected chi connectivity index (χ0v) is 63.8. The second kappa shape index (κ2) is 67.9. The van der Waals surface area contributed by atoms with Crippen LogP contribution in [-0.2, 0) is 65.4 Å². The Morgan fingerprint density at radius 2 is 0.537 bits per heavy atom. The Kier molecular flexibility index (Phi) is 66.5. The summed E-state index contributed by atoms with van der Waals surface area (Å²) in [5, 5.41) is 10.6. The number of carbonyl (C=O) groups excluding carboxylic acids is 4. The summed E-state index contributed by atoms with van der Waals surface area (Å²) in [6.45, 7) is 9.48. The van der Waals surface area contributed by atoms with Crippen LogP contribution in [0.3, 0.4) is 0 Å². The summed E-state index contributed by atoms with van der Waals surface area (Å²) >= 11 is 0. The van der Waals surface area contributed by atoms with Gasteiger partial charge in [0.25, 0.3) is 0 Å². The molecule has 17 nitrogen and oxygen atoms in total. The summed E-state index contributed by atoms with van der Waals surface area (Å²) in [5.41, 5.74) is 0. The van der Waals surface area contributed by atoms with Crippen molar-refractivity contribution in [3.8, 4) is 0 Å². The van der Waals surface area contributed by atoms with Crippen LogP contribution in [0.5, 0.6) is 0 Å². The van der Waals surface area contributed by atoms with Crippen molar-refractivity contribution in [2.24, 2.45) is 11.8 Å². The van der Waals surface area contributed by atoms with Crippen molar-refractivity contribution >= 4 is 39.5 Å². The molecule has 0 aliphatic heterocycles. The molecule has 0 amide bonds. The second-order valence-electron chi connectivity index (χ2n) is 28.1. The molecular weight excluding hydrogens is 1250 g/mol. The number of phosphoric ester groups is 2. The molecule has 0 rings (SSSR count). The maximum atomic E-state index is 13.1. The molecule has 0 saturated heterocycles. The van der Waals surface area contributed by atoms with Gasteiger partial charge in [-0.05, 0) is 37.5 Å². The molecule has 564 valence electrons. The van der Waals surface area contributed by atoms with Gasteiger partial charge in [0.15, 0.2) is 12.2 Å². The summed E-state index contributed by atoms with van der Waals surface area (Å²) in [6, 6.07) is 0. The number of hydrogen-bond acceptors (Lipinski definition) is 15. The average molecular weight is 1400 g/mol. The Labute approximate surface area is 581 Å². The molecular formula is C76H148O17P2. The van der Waals surface area contributed by atoms with Crippen LogP contribution >= 0.6 is 15.6 Å². The normalized spacial score (nSPS) is 14.3. The number of carbonyl (C=O) groups is 4. The number of aliphatic hydroxyl groups is 1. The van der Waals surface area contributed by atoms with Crippen molar-refractivity contribution in [3.05, 3.63) is 0 Å². The van der Waals surface area contributed by atoms with Crippen molar-refractivity contribution in [3.63, 3.8) is 0 Å². The standard InChI is InChI=1S/C76H148O17P2/c1-7-10-12-14-15-16-17-18-19-20-21-22-23-24-29-32-35-38-41-48-54-60-75(80)92-72(65-87-74(79)59-53-47-40-37-34-31-28-26-25-27-30-33-36-39-45-50-56-68(4)5)67-91-95(84,85)89-63-70(77)62-88-94(82,83)90-66-71(64-86-73(78)58-52-44-13-11-8-2)93-76(81)61-55-49-43-42-46-51-57-69(6)9-3/h68-72,77H,7-67H2,1-6H3,(H,82,83)(H,84,85)/t69?,70-,71+,72+/m0/s1. The highest BCUT2D eigenvalue weighted by atomic mass is 31.2. The molecule has 0 spiro atoms. The molecule has 19 heteroatoms. The van der Waals surface area contributed by atoms with Gasteiger partial charge in [0.1, 0.15) is 19.3 Å². The van der Waals surface area contributed by atoms with Crippen LogP contribution in [0.25, 0.3) is 0 Å². The minimum atomic E-state index is -4.96. The summed E-state index contributed by atoms with van der Waals surface area (Å²) in [7, 11) is -9.90. The highest BCUT2D eigenvalue weighted by Crippen LogP contribution is 2.45. The van der Waals surface area contributed by atoms with Crippen molar-refractivity contribution in [2.75, 3.05) is 39.6 Å². The predicted molar refractivity (Wildman–Crippen MR) is 386 cm³/mol. The van der Waals surface area contributed by atoms with Crippen molar-refractivity contribution in [1.29, 1.82) is 0 Å². The van der Waals surface area contributed by atoms with Gasteiger partial charge in [0.2, 0.25) is 0 Å². The highest BCUT2D eigenvalue weighted by molar-refractivity contribution is 7.47. The summed E-state index contributed by atoms with van der Waals surface area (Å²) in [6.07, 6.45) is 56.2. The fourth-order valence-electron chi connectivity index (χ4n) is 11.6. The Morgan fingerprint density at radius 3 is 0.800 bits per heavy atom. The number of phosphoric acid groups is 2. The molecule has 95 heavy (non-hydrogen) atoms. The number of ether oxygens (including phenoxy) is 4. The van der Waals surface area contributed by atoms with Crippen LogP contribution in [0.4, 0.5) is 0 Å². The third-order valence-corrected chi connectivity index (χ3v) is 20.0.